The van der Waals surface area contributed by atoms with Gasteiger partial charge in [0.2, 0.25) is 0 Å². The third-order valence-corrected chi connectivity index (χ3v) is 3.92. The monoisotopic (exact) mass is 255 g/mol. The molecule has 0 aromatic heterocycles. The van der Waals surface area contributed by atoms with Crippen LogP contribution in [0.3, 0.4) is 0 Å². The second-order valence-electron chi connectivity index (χ2n) is 6.20. The largest absolute Gasteiger partial charge is 0.383 e. The third kappa shape index (κ3) is 5.25. The highest BCUT2D eigenvalue weighted by atomic mass is 16.5. The van der Waals surface area contributed by atoms with Crippen molar-refractivity contribution in [3.8, 4) is 0 Å². The molecular weight excluding hydrogens is 226 g/mol. The number of nitrogens with one attached hydrogen (secondary N) is 1. The van der Waals surface area contributed by atoms with Crippen molar-refractivity contribution in [1.29, 1.82) is 0 Å². The summed E-state index contributed by atoms with van der Waals surface area (Å²) in [5.74, 6) is 1.42. The van der Waals surface area contributed by atoms with Crippen LogP contribution in [0.2, 0.25) is 0 Å². The Kier molecular flexibility index (Phi) is 5.93. The third-order valence-electron chi connectivity index (χ3n) is 3.92. The van der Waals surface area contributed by atoms with Gasteiger partial charge in [-0.25, -0.2) is 0 Å². The Balaban J connectivity index is 2.37. The summed E-state index contributed by atoms with van der Waals surface area (Å²) in [6, 6.07) is 0.206. The maximum Gasteiger partial charge on any atom is 0.188 e. The molecule has 1 saturated carbocycles. The van der Waals surface area contributed by atoms with Crippen molar-refractivity contribution < 1.29 is 4.74 Å². The molecule has 0 heterocycles. The van der Waals surface area contributed by atoms with Crippen molar-refractivity contribution in [3.63, 3.8) is 0 Å². The van der Waals surface area contributed by atoms with E-state index in [4.69, 9.17) is 10.5 Å². The number of ether oxygens (including phenoxy) is 1. The maximum atomic E-state index is 5.89. The molecule has 1 rings (SSSR count). The average molecular weight is 255 g/mol. The van der Waals surface area contributed by atoms with E-state index in [9.17, 15) is 0 Å². The molecule has 0 amide bonds. The highest BCUT2D eigenvalue weighted by molar-refractivity contribution is 5.78. The number of nitrogens with two attached hydrogens (primary N) is 1. The lowest BCUT2D eigenvalue weighted by Crippen LogP contribution is -2.41. The fourth-order valence-corrected chi connectivity index (χ4v) is 2.48. The molecular formula is C14H29N3O. The van der Waals surface area contributed by atoms with E-state index in [1.807, 2.05) is 6.92 Å². The SMILES string of the molecule is COCC(C)NC(N)=NCC1(C)CCC(C)CC1. The molecule has 1 fully saturated rings. The van der Waals surface area contributed by atoms with E-state index in [0.29, 0.717) is 18.0 Å². The van der Waals surface area contributed by atoms with Gasteiger partial charge < -0.3 is 15.8 Å². The van der Waals surface area contributed by atoms with Crippen LogP contribution in [0.15, 0.2) is 4.99 Å². The summed E-state index contributed by atoms with van der Waals surface area (Å²) < 4.78 is 5.06. The van der Waals surface area contributed by atoms with E-state index in [1.54, 1.807) is 7.11 Å². The fourth-order valence-electron chi connectivity index (χ4n) is 2.48. The summed E-state index contributed by atoms with van der Waals surface area (Å²) in [5.41, 5.74) is 6.23. The fraction of sp³-hybridized carbons (Fsp3) is 0.929. The molecule has 0 radical (unpaired) electrons. The molecule has 3 N–H and O–H groups in total. The van der Waals surface area contributed by atoms with Crippen molar-refractivity contribution in [2.75, 3.05) is 20.3 Å². The van der Waals surface area contributed by atoms with Gasteiger partial charge in [-0.05, 0) is 31.1 Å². The van der Waals surface area contributed by atoms with Gasteiger partial charge in [-0.1, -0.05) is 26.7 Å². The first-order valence-corrected chi connectivity index (χ1v) is 7.00. The minimum atomic E-state index is 0.206. The number of rotatable bonds is 5. The van der Waals surface area contributed by atoms with Crippen molar-refractivity contribution in [2.45, 2.75) is 52.5 Å². The van der Waals surface area contributed by atoms with Gasteiger partial charge in [0.25, 0.3) is 0 Å². The van der Waals surface area contributed by atoms with Crippen molar-refractivity contribution in [3.05, 3.63) is 0 Å². The second-order valence-corrected chi connectivity index (χ2v) is 6.20. The number of aliphatic imine (C=N–C) groups is 1. The summed E-state index contributed by atoms with van der Waals surface area (Å²) in [6.45, 7) is 8.18. The molecule has 1 unspecified atom stereocenters. The zero-order valence-corrected chi connectivity index (χ0v) is 12.3. The molecule has 0 spiro atoms. The van der Waals surface area contributed by atoms with Crippen LogP contribution in [0.5, 0.6) is 0 Å². The molecule has 4 nitrogen and oxygen atoms in total. The zero-order chi connectivity index (χ0) is 13.6. The summed E-state index contributed by atoms with van der Waals surface area (Å²) in [7, 11) is 1.69. The van der Waals surface area contributed by atoms with Gasteiger partial charge in [0.15, 0.2) is 5.96 Å². The molecule has 0 bridgehead atoms. The zero-order valence-electron chi connectivity index (χ0n) is 12.3. The van der Waals surface area contributed by atoms with E-state index < -0.39 is 0 Å². The molecule has 106 valence electrons. The number of guanidine groups is 1. The maximum absolute atomic E-state index is 5.89. The topological polar surface area (TPSA) is 59.6 Å². The van der Waals surface area contributed by atoms with Crippen molar-refractivity contribution >= 4 is 5.96 Å². The second kappa shape index (κ2) is 6.98. The molecule has 18 heavy (non-hydrogen) atoms. The van der Waals surface area contributed by atoms with Crippen LogP contribution in [-0.2, 0) is 4.74 Å². The van der Waals surface area contributed by atoms with Crippen molar-refractivity contribution in [1.82, 2.24) is 5.32 Å². The molecule has 0 aromatic rings. The standard InChI is InChI=1S/C14H29N3O/c1-11-5-7-14(3,8-6-11)10-16-13(15)17-12(2)9-18-4/h11-12H,5-10H2,1-4H3,(H3,15,16,17). The van der Waals surface area contributed by atoms with Gasteiger partial charge in [-0.3, -0.25) is 4.99 Å². The van der Waals surface area contributed by atoms with E-state index in [2.05, 4.69) is 24.2 Å². The Morgan fingerprint density at radius 2 is 2.11 bits per heavy atom. The van der Waals surface area contributed by atoms with Crippen LogP contribution in [0.4, 0.5) is 0 Å². The van der Waals surface area contributed by atoms with Crippen LogP contribution >= 0.6 is 0 Å². The quantitative estimate of drug-likeness (QED) is 0.584. The van der Waals surface area contributed by atoms with Crippen LogP contribution in [-0.4, -0.2) is 32.3 Å². The Hall–Kier alpha value is -0.770. The summed E-state index contributed by atoms with van der Waals surface area (Å²) in [6.07, 6.45) is 5.16. The van der Waals surface area contributed by atoms with Crippen LogP contribution < -0.4 is 11.1 Å². The summed E-state index contributed by atoms with van der Waals surface area (Å²) in [5, 5.41) is 3.15. The highest BCUT2D eigenvalue weighted by Crippen LogP contribution is 2.38. The first-order chi connectivity index (χ1) is 8.45. The molecule has 0 saturated heterocycles. The Bertz CT molecular complexity index is 270. The van der Waals surface area contributed by atoms with E-state index >= 15 is 0 Å². The predicted molar refractivity (Wildman–Crippen MR) is 76.7 cm³/mol. The number of hydrogen-bond donors (Lipinski definition) is 2. The molecule has 1 aliphatic carbocycles. The van der Waals surface area contributed by atoms with E-state index in [0.717, 1.165) is 12.5 Å². The van der Waals surface area contributed by atoms with E-state index in [1.165, 1.54) is 25.7 Å². The molecule has 4 heteroatoms. The van der Waals surface area contributed by atoms with Crippen LogP contribution in [0, 0.1) is 11.3 Å². The molecule has 1 atom stereocenters. The lowest BCUT2D eigenvalue weighted by Gasteiger charge is -2.35. The average Bonchev–Trinajstić information content (AvgIpc) is 2.31. The highest BCUT2D eigenvalue weighted by Gasteiger charge is 2.29. The molecule has 0 aromatic carbocycles. The van der Waals surface area contributed by atoms with E-state index in [-0.39, 0.29) is 6.04 Å². The first-order valence-electron chi connectivity index (χ1n) is 7.00. The number of nitrogens with zero attached hydrogens (tertiary/aromatic N) is 1. The van der Waals surface area contributed by atoms with Crippen LogP contribution in [0.1, 0.15) is 46.5 Å². The lowest BCUT2D eigenvalue weighted by molar-refractivity contribution is 0.178. The van der Waals surface area contributed by atoms with Gasteiger partial charge >= 0.3 is 0 Å². The minimum Gasteiger partial charge on any atom is -0.383 e. The van der Waals surface area contributed by atoms with Crippen LogP contribution in [0.25, 0.3) is 0 Å². The smallest absolute Gasteiger partial charge is 0.188 e. The molecule has 0 aliphatic heterocycles. The van der Waals surface area contributed by atoms with Gasteiger partial charge in [0.05, 0.1) is 6.61 Å². The first kappa shape index (κ1) is 15.3. The van der Waals surface area contributed by atoms with Crippen molar-refractivity contribution in [2.24, 2.45) is 22.1 Å². The Morgan fingerprint density at radius 3 is 2.67 bits per heavy atom. The normalized spacial score (nSPS) is 31.1. The summed E-state index contributed by atoms with van der Waals surface area (Å²) in [4.78, 5) is 4.49. The Labute approximate surface area is 111 Å². The molecule has 1 aliphatic rings. The Morgan fingerprint density at radius 1 is 1.50 bits per heavy atom. The lowest BCUT2D eigenvalue weighted by atomic mass is 9.72. The van der Waals surface area contributed by atoms with Gasteiger partial charge in [0.1, 0.15) is 0 Å². The van der Waals surface area contributed by atoms with Gasteiger partial charge in [-0.2, -0.15) is 0 Å². The van der Waals surface area contributed by atoms with Gasteiger partial charge in [0, 0.05) is 19.7 Å². The summed E-state index contributed by atoms with van der Waals surface area (Å²) >= 11 is 0. The number of methoxy groups -OCH3 is 1. The predicted octanol–water partition coefficient (Wildman–Crippen LogP) is 2.14. The number of hydrogen-bond acceptors (Lipinski definition) is 2. The minimum absolute atomic E-state index is 0.206. The van der Waals surface area contributed by atoms with Gasteiger partial charge in [-0.15, -0.1) is 0 Å².